The first-order chi connectivity index (χ1) is 8.58. The van der Waals surface area contributed by atoms with E-state index >= 15 is 0 Å². The van der Waals surface area contributed by atoms with Gasteiger partial charge in [-0.1, -0.05) is 0 Å². The van der Waals surface area contributed by atoms with Crippen molar-refractivity contribution in [1.29, 1.82) is 0 Å². The molecule has 8 heteroatoms. The van der Waals surface area contributed by atoms with Crippen molar-refractivity contribution in [3.63, 3.8) is 0 Å². The number of likely N-dealkylation sites (N-methyl/N-ethyl adjacent to an activating group) is 1. The minimum Gasteiger partial charge on any atom is -0.460 e. The van der Waals surface area contributed by atoms with Crippen LogP contribution in [0, 0.1) is 0 Å². The lowest BCUT2D eigenvalue weighted by Crippen LogP contribution is -2.35. The molecule has 0 atom stereocenters. The van der Waals surface area contributed by atoms with Gasteiger partial charge in [-0.05, 0) is 6.92 Å². The van der Waals surface area contributed by atoms with Crippen LogP contribution in [0.2, 0.25) is 0 Å². The van der Waals surface area contributed by atoms with E-state index in [0.717, 1.165) is 0 Å². The molecular weight excluding hydrogens is 240 g/mol. The number of rotatable bonds is 5. The number of nitrogens with one attached hydrogen (secondary N) is 3. The summed E-state index contributed by atoms with van der Waals surface area (Å²) in [6.45, 7) is 1.73. The average molecular weight is 254 g/mol. The van der Waals surface area contributed by atoms with E-state index in [4.69, 9.17) is 4.74 Å². The van der Waals surface area contributed by atoms with Gasteiger partial charge in [0.2, 0.25) is 11.7 Å². The number of H-pyrrole nitrogens is 1. The first-order valence-corrected chi connectivity index (χ1v) is 5.29. The number of aromatic amines is 1. The predicted octanol–water partition coefficient (Wildman–Crippen LogP) is -0.938. The maximum atomic E-state index is 11.5. The van der Waals surface area contributed by atoms with Crippen LogP contribution in [0.3, 0.4) is 0 Å². The molecule has 0 fully saturated rings. The summed E-state index contributed by atoms with van der Waals surface area (Å²) in [4.78, 5) is 40.0. The van der Waals surface area contributed by atoms with Crippen LogP contribution < -0.4 is 10.6 Å². The molecule has 0 aliphatic carbocycles. The molecule has 0 aliphatic heterocycles. The van der Waals surface area contributed by atoms with E-state index in [0.29, 0.717) is 0 Å². The Morgan fingerprint density at radius 1 is 1.44 bits per heavy atom. The Labute approximate surface area is 103 Å². The van der Waals surface area contributed by atoms with Gasteiger partial charge in [-0.3, -0.25) is 9.59 Å². The second-order valence-corrected chi connectivity index (χ2v) is 3.21. The summed E-state index contributed by atoms with van der Waals surface area (Å²) < 4.78 is 4.71. The molecule has 0 saturated heterocycles. The highest BCUT2D eigenvalue weighted by Gasteiger charge is 2.15. The normalized spacial score (nSPS) is 9.67. The van der Waals surface area contributed by atoms with Crippen LogP contribution in [0.25, 0.3) is 0 Å². The van der Waals surface area contributed by atoms with E-state index in [1.54, 1.807) is 6.92 Å². The molecule has 1 aromatic heterocycles. The standard InChI is InChI=1S/C10H14N4O4/c1-3-18-10(17)8-12-4-6(14-8)9(16)13-5-7(15)11-2/h4H,3,5H2,1-2H3,(H,11,15)(H,12,14)(H,13,16). The number of ether oxygens (including phenoxy) is 1. The number of nitrogens with zero attached hydrogens (tertiary/aromatic N) is 1. The Morgan fingerprint density at radius 2 is 2.17 bits per heavy atom. The van der Waals surface area contributed by atoms with Crippen LogP contribution in [0.5, 0.6) is 0 Å². The molecule has 8 nitrogen and oxygen atoms in total. The maximum absolute atomic E-state index is 11.5. The zero-order valence-electron chi connectivity index (χ0n) is 10.1. The largest absolute Gasteiger partial charge is 0.460 e. The maximum Gasteiger partial charge on any atom is 0.374 e. The molecule has 0 saturated carbocycles. The molecule has 1 heterocycles. The van der Waals surface area contributed by atoms with Crippen molar-refractivity contribution in [2.75, 3.05) is 20.2 Å². The van der Waals surface area contributed by atoms with E-state index < -0.39 is 11.9 Å². The van der Waals surface area contributed by atoms with Gasteiger partial charge in [-0.2, -0.15) is 0 Å². The van der Waals surface area contributed by atoms with Crippen LogP contribution in [-0.4, -0.2) is 48.0 Å². The molecule has 0 unspecified atom stereocenters. The van der Waals surface area contributed by atoms with E-state index in [-0.39, 0.29) is 30.6 Å². The summed E-state index contributed by atoms with van der Waals surface area (Å²) in [6.07, 6.45) is 1.27. The zero-order chi connectivity index (χ0) is 13.5. The van der Waals surface area contributed by atoms with Crippen LogP contribution in [-0.2, 0) is 9.53 Å². The number of imidazole rings is 1. The molecule has 1 rings (SSSR count). The van der Waals surface area contributed by atoms with Gasteiger partial charge in [0.1, 0.15) is 5.69 Å². The summed E-state index contributed by atoms with van der Waals surface area (Å²) in [7, 11) is 1.46. The van der Waals surface area contributed by atoms with Crippen molar-refractivity contribution in [1.82, 2.24) is 20.6 Å². The lowest BCUT2D eigenvalue weighted by atomic mass is 10.4. The Morgan fingerprint density at radius 3 is 2.78 bits per heavy atom. The lowest BCUT2D eigenvalue weighted by Gasteiger charge is -2.01. The van der Waals surface area contributed by atoms with Gasteiger partial charge in [-0.25, -0.2) is 9.78 Å². The zero-order valence-corrected chi connectivity index (χ0v) is 10.1. The highest BCUT2D eigenvalue weighted by molar-refractivity contribution is 5.96. The van der Waals surface area contributed by atoms with Crippen molar-refractivity contribution in [3.8, 4) is 0 Å². The van der Waals surface area contributed by atoms with E-state index in [1.165, 1.54) is 13.2 Å². The Bertz CT molecular complexity index is 454. The minimum absolute atomic E-state index is 0.0157. The highest BCUT2D eigenvalue weighted by atomic mass is 16.5. The fourth-order valence-electron chi connectivity index (χ4n) is 1.08. The first-order valence-electron chi connectivity index (χ1n) is 5.29. The monoisotopic (exact) mass is 254 g/mol. The van der Waals surface area contributed by atoms with Crippen molar-refractivity contribution >= 4 is 17.8 Å². The number of aromatic nitrogens is 2. The fraction of sp³-hybridized carbons (Fsp3) is 0.400. The number of esters is 1. The summed E-state index contributed by atoms with van der Waals surface area (Å²) in [5.74, 6) is -1.57. The summed E-state index contributed by atoms with van der Waals surface area (Å²) in [5.41, 5.74) is 0.0157. The molecule has 0 aliphatic rings. The number of hydrogen-bond acceptors (Lipinski definition) is 5. The predicted molar refractivity (Wildman–Crippen MR) is 60.9 cm³/mol. The van der Waals surface area contributed by atoms with Crippen molar-refractivity contribution < 1.29 is 19.1 Å². The molecule has 0 bridgehead atoms. The highest BCUT2D eigenvalue weighted by Crippen LogP contribution is 1.99. The number of amides is 2. The van der Waals surface area contributed by atoms with Gasteiger partial charge in [0.25, 0.3) is 5.91 Å². The summed E-state index contributed by atoms with van der Waals surface area (Å²) >= 11 is 0. The van der Waals surface area contributed by atoms with Crippen molar-refractivity contribution in [2.45, 2.75) is 6.92 Å². The SMILES string of the molecule is CCOC(=O)c1nc(C(=O)NCC(=O)NC)c[nH]1. The second kappa shape index (κ2) is 6.38. The molecule has 2 amide bonds. The van der Waals surface area contributed by atoms with Crippen LogP contribution >= 0.6 is 0 Å². The lowest BCUT2D eigenvalue weighted by molar-refractivity contribution is -0.119. The summed E-state index contributed by atoms with van der Waals surface area (Å²) in [6, 6.07) is 0. The molecular formula is C10H14N4O4. The average Bonchev–Trinajstić information content (AvgIpc) is 2.85. The smallest absolute Gasteiger partial charge is 0.374 e. The molecule has 1 aromatic rings. The minimum atomic E-state index is -0.636. The number of carbonyl (C=O) groups excluding carboxylic acids is 3. The molecule has 0 radical (unpaired) electrons. The first kappa shape index (κ1) is 13.7. The third-order valence-corrected chi connectivity index (χ3v) is 1.97. The van der Waals surface area contributed by atoms with Gasteiger partial charge in [0.05, 0.1) is 13.2 Å². The van der Waals surface area contributed by atoms with Gasteiger partial charge < -0.3 is 20.4 Å². The summed E-state index contributed by atoms with van der Waals surface area (Å²) in [5, 5.41) is 4.70. The molecule has 0 spiro atoms. The number of carbonyl (C=O) groups is 3. The Hall–Kier alpha value is -2.38. The third-order valence-electron chi connectivity index (χ3n) is 1.97. The fourth-order valence-corrected chi connectivity index (χ4v) is 1.08. The van der Waals surface area contributed by atoms with Gasteiger partial charge in [0, 0.05) is 13.2 Å². The molecule has 98 valence electrons. The number of hydrogen-bond donors (Lipinski definition) is 3. The molecule has 18 heavy (non-hydrogen) atoms. The quantitative estimate of drug-likeness (QED) is 0.587. The van der Waals surface area contributed by atoms with Gasteiger partial charge in [-0.15, -0.1) is 0 Å². The van der Waals surface area contributed by atoms with Crippen LogP contribution in [0.1, 0.15) is 28.0 Å². The van der Waals surface area contributed by atoms with Gasteiger partial charge in [0.15, 0.2) is 0 Å². The van der Waals surface area contributed by atoms with Crippen molar-refractivity contribution in [3.05, 3.63) is 17.7 Å². The molecule has 0 aromatic carbocycles. The van der Waals surface area contributed by atoms with E-state index in [2.05, 4.69) is 20.6 Å². The Kier molecular flexibility index (Phi) is 4.85. The molecule has 3 N–H and O–H groups in total. The second-order valence-electron chi connectivity index (χ2n) is 3.21. The van der Waals surface area contributed by atoms with Crippen LogP contribution in [0.4, 0.5) is 0 Å². The third kappa shape index (κ3) is 3.58. The Balaban J connectivity index is 2.59. The van der Waals surface area contributed by atoms with E-state index in [1.807, 2.05) is 0 Å². The van der Waals surface area contributed by atoms with Crippen molar-refractivity contribution in [2.24, 2.45) is 0 Å². The van der Waals surface area contributed by atoms with E-state index in [9.17, 15) is 14.4 Å². The van der Waals surface area contributed by atoms with Gasteiger partial charge >= 0.3 is 5.97 Å². The van der Waals surface area contributed by atoms with Crippen LogP contribution in [0.15, 0.2) is 6.20 Å². The topological polar surface area (TPSA) is 113 Å².